The van der Waals surface area contributed by atoms with Crippen LogP contribution in [0.2, 0.25) is 0 Å². The van der Waals surface area contributed by atoms with Crippen LogP contribution in [0.1, 0.15) is 25.1 Å². The number of thioether (sulfide) groups is 1. The zero-order valence-corrected chi connectivity index (χ0v) is 16.9. The molecule has 0 bridgehead atoms. The Morgan fingerprint density at radius 1 is 1.28 bits per heavy atom. The Bertz CT molecular complexity index is 904. The number of nitrogens with zero attached hydrogens (tertiary/aromatic N) is 1. The standard InChI is InChI=1S/C20H25F2N3O3S/c21-15-7-13(28-10-12-1-4-23-9-16(12)22)8-17-19(15)20(26)25-18(24-17)11-29-14-2-5-27-6-3-14/h7-8,12,14,16,23H,1-6,9-11H2,(H,24,25,26)/t12-,16+/m0/s1. The highest BCUT2D eigenvalue weighted by atomic mass is 32.2. The maximum atomic E-state index is 14.5. The lowest BCUT2D eigenvalue weighted by molar-refractivity contribution is 0.1000. The number of nitrogens with one attached hydrogen (secondary N) is 2. The van der Waals surface area contributed by atoms with Gasteiger partial charge in [-0.2, -0.15) is 11.8 Å². The van der Waals surface area contributed by atoms with E-state index in [2.05, 4.69) is 15.3 Å². The van der Waals surface area contributed by atoms with Gasteiger partial charge in [0.05, 0.1) is 17.9 Å². The van der Waals surface area contributed by atoms with Crippen LogP contribution in [0.25, 0.3) is 10.9 Å². The van der Waals surface area contributed by atoms with Crippen molar-refractivity contribution in [1.82, 2.24) is 15.3 Å². The summed E-state index contributed by atoms with van der Waals surface area (Å²) in [5.74, 6) is 0.409. The number of aromatic amines is 1. The summed E-state index contributed by atoms with van der Waals surface area (Å²) in [4.78, 5) is 19.5. The quantitative estimate of drug-likeness (QED) is 0.741. The van der Waals surface area contributed by atoms with Gasteiger partial charge in [-0.1, -0.05) is 0 Å². The molecule has 3 heterocycles. The van der Waals surface area contributed by atoms with Gasteiger partial charge in [-0.25, -0.2) is 13.8 Å². The van der Waals surface area contributed by atoms with E-state index in [0.29, 0.717) is 29.8 Å². The van der Waals surface area contributed by atoms with Crippen molar-refractivity contribution in [3.63, 3.8) is 0 Å². The molecule has 0 amide bonds. The van der Waals surface area contributed by atoms with Gasteiger partial charge in [0.2, 0.25) is 0 Å². The summed E-state index contributed by atoms with van der Waals surface area (Å²) in [6, 6.07) is 2.73. The minimum absolute atomic E-state index is 0.0811. The fourth-order valence-corrected chi connectivity index (χ4v) is 4.76. The monoisotopic (exact) mass is 425 g/mol. The maximum Gasteiger partial charge on any atom is 0.261 e. The first-order chi connectivity index (χ1) is 14.1. The number of aromatic nitrogens is 2. The van der Waals surface area contributed by atoms with Gasteiger partial charge in [-0.05, 0) is 25.8 Å². The first-order valence-electron chi connectivity index (χ1n) is 9.99. The van der Waals surface area contributed by atoms with Crippen molar-refractivity contribution in [1.29, 1.82) is 0 Å². The van der Waals surface area contributed by atoms with Gasteiger partial charge in [0.1, 0.15) is 28.9 Å². The highest BCUT2D eigenvalue weighted by molar-refractivity contribution is 7.99. The van der Waals surface area contributed by atoms with E-state index in [0.717, 1.165) is 32.6 Å². The number of hydrogen-bond donors (Lipinski definition) is 2. The fourth-order valence-electron chi connectivity index (χ4n) is 3.70. The molecule has 0 aliphatic carbocycles. The van der Waals surface area contributed by atoms with Gasteiger partial charge in [-0.3, -0.25) is 4.79 Å². The average molecular weight is 426 g/mol. The summed E-state index contributed by atoms with van der Waals surface area (Å²) in [6.45, 7) is 2.73. The molecular weight excluding hydrogens is 400 g/mol. The van der Waals surface area contributed by atoms with Crippen LogP contribution < -0.4 is 15.6 Å². The van der Waals surface area contributed by atoms with Gasteiger partial charge in [0, 0.05) is 43.1 Å². The van der Waals surface area contributed by atoms with Gasteiger partial charge >= 0.3 is 0 Å². The highest BCUT2D eigenvalue weighted by Crippen LogP contribution is 2.26. The minimum atomic E-state index is -0.983. The van der Waals surface area contributed by atoms with E-state index in [9.17, 15) is 13.6 Å². The molecule has 0 spiro atoms. The van der Waals surface area contributed by atoms with Crippen molar-refractivity contribution in [2.75, 3.05) is 32.9 Å². The van der Waals surface area contributed by atoms with Crippen LogP contribution in [0.3, 0.4) is 0 Å². The van der Waals surface area contributed by atoms with Crippen LogP contribution in [0.4, 0.5) is 8.78 Å². The lowest BCUT2D eigenvalue weighted by Gasteiger charge is -2.26. The normalized spacial score (nSPS) is 23.4. The van der Waals surface area contributed by atoms with E-state index < -0.39 is 17.5 Å². The van der Waals surface area contributed by atoms with Crippen molar-refractivity contribution in [2.24, 2.45) is 5.92 Å². The highest BCUT2D eigenvalue weighted by Gasteiger charge is 2.25. The topological polar surface area (TPSA) is 76.2 Å². The zero-order valence-electron chi connectivity index (χ0n) is 16.1. The summed E-state index contributed by atoms with van der Waals surface area (Å²) in [7, 11) is 0. The van der Waals surface area contributed by atoms with E-state index in [1.54, 1.807) is 17.8 Å². The number of halogens is 2. The van der Waals surface area contributed by atoms with E-state index in [1.165, 1.54) is 6.07 Å². The van der Waals surface area contributed by atoms with Crippen LogP contribution in [0.15, 0.2) is 16.9 Å². The molecule has 6 nitrogen and oxygen atoms in total. The van der Waals surface area contributed by atoms with Gasteiger partial charge in [-0.15, -0.1) is 0 Å². The largest absolute Gasteiger partial charge is 0.493 e. The van der Waals surface area contributed by atoms with E-state index >= 15 is 0 Å². The SMILES string of the molecule is O=c1[nH]c(CSC2CCOCC2)nc2cc(OC[C@@H]3CCNC[C@H]3F)cc(F)c12. The van der Waals surface area contributed by atoms with Gasteiger partial charge in [0.15, 0.2) is 0 Å². The molecule has 29 heavy (non-hydrogen) atoms. The number of piperidine rings is 1. The molecule has 0 saturated carbocycles. The lowest BCUT2D eigenvalue weighted by Crippen LogP contribution is -2.40. The maximum absolute atomic E-state index is 14.5. The number of rotatable bonds is 6. The summed E-state index contributed by atoms with van der Waals surface area (Å²) >= 11 is 1.72. The van der Waals surface area contributed by atoms with Crippen molar-refractivity contribution in [3.8, 4) is 5.75 Å². The Labute approximate surface area is 171 Å². The Balaban J connectivity index is 1.49. The third-order valence-electron chi connectivity index (χ3n) is 5.41. The molecule has 2 saturated heterocycles. The van der Waals surface area contributed by atoms with E-state index in [4.69, 9.17) is 9.47 Å². The molecule has 0 unspecified atom stereocenters. The predicted octanol–water partition coefficient (Wildman–Crippen LogP) is 2.80. The molecule has 2 atom stereocenters. The van der Waals surface area contributed by atoms with Gasteiger partial charge < -0.3 is 19.8 Å². The molecule has 2 aliphatic heterocycles. The molecule has 2 aromatic rings. The van der Waals surface area contributed by atoms with Crippen LogP contribution in [-0.2, 0) is 10.5 Å². The van der Waals surface area contributed by atoms with Crippen LogP contribution in [0, 0.1) is 11.7 Å². The smallest absolute Gasteiger partial charge is 0.261 e. The second kappa shape index (κ2) is 9.40. The molecule has 2 fully saturated rings. The van der Waals surface area contributed by atoms with Crippen LogP contribution in [0.5, 0.6) is 5.75 Å². The van der Waals surface area contributed by atoms with Crippen molar-refractivity contribution < 1.29 is 18.3 Å². The fraction of sp³-hybridized carbons (Fsp3) is 0.600. The number of fused-ring (bicyclic) bond motifs is 1. The lowest BCUT2D eigenvalue weighted by atomic mass is 9.97. The molecule has 0 radical (unpaired) electrons. The number of ether oxygens (including phenoxy) is 2. The molecule has 1 aromatic carbocycles. The van der Waals surface area contributed by atoms with Crippen LogP contribution >= 0.6 is 11.8 Å². The Hall–Kier alpha value is -1.71. The minimum Gasteiger partial charge on any atom is -0.493 e. The Morgan fingerprint density at radius 2 is 2.10 bits per heavy atom. The summed E-state index contributed by atoms with van der Waals surface area (Å²) in [5, 5.41) is 3.38. The van der Waals surface area contributed by atoms with Crippen LogP contribution in [-0.4, -0.2) is 54.3 Å². The average Bonchev–Trinajstić information content (AvgIpc) is 2.72. The Kier molecular flexibility index (Phi) is 6.67. The molecule has 2 N–H and O–H groups in total. The first-order valence-corrected chi connectivity index (χ1v) is 11.0. The van der Waals surface area contributed by atoms with E-state index in [-0.39, 0.29) is 29.2 Å². The number of hydrogen-bond acceptors (Lipinski definition) is 6. The Morgan fingerprint density at radius 3 is 2.90 bits per heavy atom. The molecule has 4 rings (SSSR count). The molecule has 9 heteroatoms. The summed E-state index contributed by atoms with van der Waals surface area (Å²) in [6.07, 6.45) is 1.63. The van der Waals surface area contributed by atoms with Crippen molar-refractivity contribution in [2.45, 2.75) is 36.4 Å². The molecule has 158 valence electrons. The first kappa shape index (κ1) is 20.6. The number of H-pyrrole nitrogens is 1. The third-order valence-corrected chi connectivity index (χ3v) is 6.80. The number of alkyl halides is 1. The van der Waals surface area contributed by atoms with Crippen molar-refractivity contribution >= 4 is 22.7 Å². The molecule has 1 aromatic heterocycles. The zero-order chi connectivity index (χ0) is 20.2. The summed E-state index contributed by atoms with van der Waals surface area (Å²) < 4.78 is 39.5. The second-order valence-electron chi connectivity index (χ2n) is 7.51. The molecular formula is C20H25F2N3O3S. The predicted molar refractivity (Wildman–Crippen MR) is 109 cm³/mol. The van der Waals surface area contributed by atoms with Crippen molar-refractivity contribution in [3.05, 3.63) is 34.1 Å². The third kappa shape index (κ3) is 5.07. The van der Waals surface area contributed by atoms with E-state index in [1.807, 2.05) is 0 Å². The molecule has 2 aliphatic rings. The summed E-state index contributed by atoms with van der Waals surface area (Å²) in [5.41, 5.74) is -0.239. The van der Waals surface area contributed by atoms with Gasteiger partial charge in [0.25, 0.3) is 5.56 Å². The second-order valence-corrected chi connectivity index (χ2v) is 8.80. The number of benzene rings is 1.